The number of hydrogen-bond donors (Lipinski definition) is 1. The monoisotopic (exact) mass is 400 g/mol. The van der Waals surface area contributed by atoms with Gasteiger partial charge in [0.2, 0.25) is 11.8 Å². The standard InChI is InChI=1S/C25H24N2O3/c1-17-8-11-21(14-18(17)2)27-16-19(15-24(27)28)25(29)26-20-9-12-23(13-10-20)30-22-6-4-3-5-7-22/h3-14,19H,15-16H2,1-2H3,(H,26,29)/t19-/m1/s1. The summed E-state index contributed by atoms with van der Waals surface area (Å²) in [5.41, 5.74) is 3.84. The molecule has 0 spiro atoms. The lowest BCUT2D eigenvalue weighted by atomic mass is 10.1. The summed E-state index contributed by atoms with van der Waals surface area (Å²) in [5.74, 6) is 0.900. The van der Waals surface area contributed by atoms with Crippen LogP contribution in [0.2, 0.25) is 0 Å². The quantitative estimate of drug-likeness (QED) is 0.649. The molecule has 0 aromatic heterocycles. The van der Waals surface area contributed by atoms with E-state index < -0.39 is 0 Å². The van der Waals surface area contributed by atoms with Gasteiger partial charge in [0.25, 0.3) is 0 Å². The van der Waals surface area contributed by atoms with Crippen LogP contribution in [-0.2, 0) is 9.59 Å². The second kappa shape index (κ2) is 8.41. The van der Waals surface area contributed by atoms with Crippen LogP contribution in [0, 0.1) is 19.8 Å². The van der Waals surface area contributed by atoms with Gasteiger partial charge in [-0.3, -0.25) is 9.59 Å². The summed E-state index contributed by atoms with van der Waals surface area (Å²) in [6, 6.07) is 22.7. The van der Waals surface area contributed by atoms with Gasteiger partial charge in [0.15, 0.2) is 0 Å². The van der Waals surface area contributed by atoms with Gasteiger partial charge in [-0.05, 0) is 73.5 Å². The molecule has 0 saturated carbocycles. The number of para-hydroxylation sites is 1. The summed E-state index contributed by atoms with van der Waals surface area (Å²) in [4.78, 5) is 26.9. The van der Waals surface area contributed by atoms with E-state index in [0.29, 0.717) is 18.0 Å². The number of anilines is 2. The van der Waals surface area contributed by atoms with Crippen molar-refractivity contribution in [2.45, 2.75) is 20.3 Å². The summed E-state index contributed by atoms with van der Waals surface area (Å²) >= 11 is 0. The van der Waals surface area contributed by atoms with Gasteiger partial charge in [0, 0.05) is 24.3 Å². The Hall–Kier alpha value is -3.60. The zero-order valence-corrected chi connectivity index (χ0v) is 17.1. The smallest absolute Gasteiger partial charge is 0.229 e. The van der Waals surface area contributed by atoms with E-state index in [2.05, 4.69) is 5.32 Å². The second-order valence-electron chi connectivity index (χ2n) is 7.60. The number of aryl methyl sites for hydroxylation is 2. The zero-order chi connectivity index (χ0) is 21.1. The minimum absolute atomic E-state index is 0.0231. The van der Waals surface area contributed by atoms with Crippen molar-refractivity contribution < 1.29 is 14.3 Å². The Morgan fingerprint density at radius 2 is 1.63 bits per heavy atom. The Balaban J connectivity index is 1.38. The number of carbonyl (C=O) groups is 2. The first kappa shape index (κ1) is 19.7. The van der Waals surface area contributed by atoms with E-state index >= 15 is 0 Å². The van der Waals surface area contributed by atoms with Gasteiger partial charge in [0.1, 0.15) is 11.5 Å². The molecule has 1 fully saturated rings. The molecule has 1 aliphatic heterocycles. The maximum atomic E-state index is 12.7. The number of benzene rings is 3. The lowest BCUT2D eigenvalue weighted by molar-refractivity contribution is -0.122. The van der Waals surface area contributed by atoms with Crippen molar-refractivity contribution in [2.75, 3.05) is 16.8 Å². The number of amides is 2. The minimum atomic E-state index is -0.376. The molecule has 2 amide bonds. The molecule has 0 unspecified atom stereocenters. The third-order valence-corrected chi connectivity index (χ3v) is 5.40. The molecule has 1 heterocycles. The molecule has 30 heavy (non-hydrogen) atoms. The highest BCUT2D eigenvalue weighted by Crippen LogP contribution is 2.28. The van der Waals surface area contributed by atoms with Crippen molar-refractivity contribution in [3.05, 3.63) is 83.9 Å². The zero-order valence-electron chi connectivity index (χ0n) is 17.1. The Bertz CT molecular complexity index is 1060. The molecule has 1 N–H and O–H groups in total. The van der Waals surface area contributed by atoms with Crippen molar-refractivity contribution in [1.29, 1.82) is 0 Å². The Kier molecular flexibility index (Phi) is 5.53. The van der Waals surface area contributed by atoms with Crippen LogP contribution in [-0.4, -0.2) is 18.4 Å². The number of carbonyl (C=O) groups excluding carboxylic acids is 2. The summed E-state index contributed by atoms with van der Waals surface area (Å²) in [6.45, 7) is 4.45. The van der Waals surface area contributed by atoms with Gasteiger partial charge in [-0.2, -0.15) is 0 Å². The Morgan fingerprint density at radius 1 is 0.933 bits per heavy atom. The van der Waals surface area contributed by atoms with Gasteiger partial charge in [-0.1, -0.05) is 24.3 Å². The van der Waals surface area contributed by atoms with Gasteiger partial charge in [0.05, 0.1) is 5.92 Å². The van der Waals surface area contributed by atoms with Crippen LogP contribution >= 0.6 is 0 Å². The molecule has 152 valence electrons. The lowest BCUT2D eigenvalue weighted by Gasteiger charge is -2.18. The van der Waals surface area contributed by atoms with Gasteiger partial charge in [-0.15, -0.1) is 0 Å². The average molecular weight is 400 g/mol. The third-order valence-electron chi connectivity index (χ3n) is 5.40. The molecule has 1 saturated heterocycles. The minimum Gasteiger partial charge on any atom is -0.457 e. The number of nitrogens with zero attached hydrogens (tertiary/aromatic N) is 1. The number of hydrogen-bond acceptors (Lipinski definition) is 3. The predicted octanol–water partition coefficient (Wildman–Crippen LogP) is 5.09. The lowest BCUT2D eigenvalue weighted by Crippen LogP contribution is -2.28. The topological polar surface area (TPSA) is 58.6 Å². The van der Waals surface area contributed by atoms with Crippen molar-refractivity contribution in [2.24, 2.45) is 5.92 Å². The largest absolute Gasteiger partial charge is 0.457 e. The normalized spacial score (nSPS) is 15.9. The van der Waals surface area contributed by atoms with E-state index in [0.717, 1.165) is 17.0 Å². The number of rotatable bonds is 5. The first-order chi connectivity index (χ1) is 14.5. The molecule has 3 aromatic rings. The van der Waals surface area contributed by atoms with Crippen molar-refractivity contribution in [3.63, 3.8) is 0 Å². The maximum Gasteiger partial charge on any atom is 0.229 e. The molecular weight excluding hydrogens is 376 g/mol. The van der Waals surface area contributed by atoms with E-state index in [9.17, 15) is 9.59 Å². The molecule has 3 aromatic carbocycles. The highest BCUT2D eigenvalue weighted by atomic mass is 16.5. The number of ether oxygens (including phenoxy) is 1. The fourth-order valence-corrected chi connectivity index (χ4v) is 3.50. The molecule has 0 radical (unpaired) electrons. The van der Waals surface area contributed by atoms with Crippen molar-refractivity contribution >= 4 is 23.2 Å². The van der Waals surface area contributed by atoms with Crippen LogP contribution in [0.15, 0.2) is 72.8 Å². The first-order valence-corrected chi connectivity index (χ1v) is 10.0. The molecule has 4 rings (SSSR count). The van der Waals surface area contributed by atoms with E-state index in [1.165, 1.54) is 5.56 Å². The van der Waals surface area contributed by atoms with Gasteiger partial charge >= 0.3 is 0 Å². The number of nitrogens with one attached hydrogen (secondary N) is 1. The van der Waals surface area contributed by atoms with Crippen molar-refractivity contribution in [1.82, 2.24) is 0 Å². The van der Waals surface area contributed by atoms with E-state index in [4.69, 9.17) is 4.74 Å². The molecule has 1 aliphatic rings. The molecule has 5 heteroatoms. The van der Waals surface area contributed by atoms with Crippen LogP contribution in [0.1, 0.15) is 17.5 Å². The van der Waals surface area contributed by atoms with Gasteiger partial charge < -0.3 is 15.0 Å². The third kappa shape index (κ3) is 4.35. The fourth-order valence-electron chi connectivity index (χ4n) is 3.50. The van der Waals surface area contributed by atoms with Crippen LogP contribution in [0.25, 0.3) is 0 Å². The highest BCUT2D eigenvalue weighted by Gasteiger charge is 2.35. The Morgan fingerprint density at radius 3 is 2.33 bits per heavy atom. The molecule has 1 atom stereocenters. The summed E-state index contributed by atoms with van der Waals surface area (Å²) in [6.07, 6.45) is 0.216. The SMILES string of the molecule is Cc1ccc(N2C[C@H](C(=O)Nc3ccc(Oc4ccccc4)cc3)CC2=O)cc1C. The van der Waals surface area contributed by atoms with Crippen LogP contribution in [0.4, 0.5) is 11.4 Å². The summed E-state index contributed by atoms with van der Waals surface area (Å²) in [7, 11) is 0. The second-order valence-corrected chi connectivity index (χ2v) is 7.60. The van der Waals surface area contributed by atoms with E-state index in [1.807, 2.05) is 74.5 Å². The maximum absolute atomic E-state index is 12.7. The summed E-state index contributed by atoms with van der Waals surface area (Å²) < 4.78 is 5.77. The van der Waals surface area contributed by atoms with E-state index in [-0.39, 0.29) is 24.2 Å². The Labute approximate surface area is 176 Å². The van der Waals surface area contributed by atoms with E-state index in [1.54, 1.807) is 17.0 Å². The first-order valence-electron chi connectivity index (χ1n) is 10.0. The predicted molar refractivity (Wildman–Crippen MR) is 118 cm³/mol. The summed E-state index contributed by atoms with van der Waals surface area (Å²) in [5, 5.41) is 2.91. The van der Waals surface area contributed by atoms with Crippen LogP contribution in [0.3, 0.4) is 0 Å². The average Bonchev–Trinajstić information content (AvgIpc) is 3.14. The highest BCUT2D eigenvalue weighted by molar-refractivity contribution is 6.03. The van der Waals surface area contributed by atoms with Crippen LogP contribution in [0.5, 0.6) is 11.5 Å². The molecule has 0 aliphatic carbocycles. The molecular formula is C25H24N2O3. The van der Waals surface area contributed by atoms with Gasteiger partial charge in [-0.25, -0.2) is 0 Å². The molecule has 0 bridgehead atoms. The van der Waals surface area contributed by atoms with Crippen LogP contribution < -0.4 is 15.0 Å². The fraction of sp³-hybridized carbons (Fsp3) is 0.200. The molecule has 5 nitrogen and oxygen atoms in total. The van der Waals surface area contributed by atoms with Crippen molar-refractivity contribution in [3.8, 4) is 11.5 Å².